The number of amides is 2. The van der Waals surface area contributed by atoms with Gasteiger partial charge in [-0.3, -0.25) is 14.6 Å². The largest absolute Gasteiger partial charge is 0.325 e. The lowest BCUT2D eigenvalue weighted by atomic mass is 9.68. The Morgan fingerprint density at radius 2 is 1.77 bits per heavy atom. The first-order valence-electron chi connectivity index (χ1n) is 12.4. The van der Waals surface area contributed by atoms with E-state index in [-0.39, 0.29) is 29.7 Å². The molecule has 4 rings (SSSR count). The first-order chi connectivity index (χ1) is 16.8. The van der Waals surface area contributed by atoms with Gasteiger partial charge in [0.05, 0.1) is 36.7 Å². The van der Waals surface area contributed by atoms with E-state index in [1.165, 1.54) is 18.0 Å². The number of Topliss-reactive ketones (excluding diaryl/α,β-unsaturated/α-hetero) is 1. The Labute approximate surface area is 207 Å². The maximum Gasteiger partial charge on any atom is 0.325 e. The number of urea groups is 1. The van der Waals surface area contributed by atoms with Crippen molar-refractivity contribution < 1.29 is 9.59 Å². The van der Waals surface area contributed by atoms with Gasteiger partial charge in [-0.15, -0.1) is 0 Å². The van der Waals surface area contributed by atoms with Crippen molar-refractivity contribution in [1.82, 2.24) is 19.8 Å². The average molecular weight is 475 g/mol. The molecule has 0 radical (unpaired) electrons. The minimum absolute atomic E-state index is 0.0676. The maximum absolute atomic E-state index is 13.7. The van der Waals surface area contributed by atoms with Crippen LogP contribution >= 0.6 is 0 Å². The molecule has 1 aliphatic heterocycles. The summed E-state index contributed by atoms with van der Waals surface area (Å²) in [6.45, 7) is 2.68. The summed E-state index contributed by atoms with van der Waals surface area (Å²) in [5.41, 5.74) is 1.30. The van der Waals surface area contributed by atoms with Crippen molar-refractivity contribution in [2.45, 2.75) is 62.9 Å². The van der Waals surface area contributed by atoms with Gasteiger partial charge in [0, 0.05) is 12.0 Å². The molecule has 2 fully saturated rings. The number of hydrogen-bond donors (Lipinski definition) is 0. The summed E-state index contributed by atoms with van der Waals surface area (Å²) in [7, 11) is 4.24. The number of nitriles is 1. The van der Waals surface area contributed by atoms with Crippen molar-refractivity contribution >= 4 is 17.5 Å². The molecule has 1 aliphatic carbocycles. The molecule has 0 N–H and O–H groups in total. The Morgan fingerprint density at radius 1 is 1.11 bits per heavy atom. The molecule has 1 saturated heterocycles. The molecule has 2 aliphatic rings. The van der Waals surface area contributed by atoms with Gasteiger partial charge < -0.3 is 4.90 Å². The van der Waals surface area contributed by atoms with Crippen molar-refractivity contribution in [1.29, 1.82) is 5.26 Å². The van der Waals surface area contributed by atoms with Crippen molar-refractivity contribution in [2.24, 2.45) is 0 Å². The van der Waals surface area contributed by atoms with E-state index in [0.29, 0.717) is 18.7 Å². The molecule has 0 atom stereocenters. The van der Waals surface area contributed by atoms with Crippen LogP contribution in [0.1, 0.15) is 63.3 Å². The van der Waals surface area contributed by atoms with E-state index in [9.17, 15) is 9.59 Å². The topological polar surface area (TPSA) is 93.4 Å². The van der Waals surface area contributed by atoms with Gasteiger partial charge in [0.2, 0.25) is 5.82 Å². The van der Waals surface area contributed by atoms with E-state index >= 15 is 0 Å². The minimum Gasteiger partial charge on any atom is -0.310 e. The predicted octanol–water partition coefficient (Wildman–Crippen LogP) is 4.12. The number of hydrogen-bond acceptors (Lipinski definition) is 6. The van der Waals surface area contributed by atoms with Crippen LogP contribution in [0.15, 0.2) is 42.7 Å². The number of rotatable bonds is 8. The Hall–Kier alpha value is -3.31. The SMILES string of the molecule is CCCCC(=O)CN1C(=O)N(c2cnc(C#N)nc2)CC12CCC(c1ccccc1)(N(C)C)CC2. The fourth-order valence-corrected chi connectivity index (χ4v) is 5.68. The smallest absolute Gasteiger partial charge is 0.310 e. The van der Waals surface area contributed by atoms with Crippen molar-refractivity contribution in [2.75, 3.05) is 32.1 Å². The van der Waals surface area contributed by atoms with Gasteiger partial charge in [0.25, 0.3) is 0 Å². The van der Waals surface area contributed by atoms with Crippen LogP contribution in [0.3, 0.4) is 0 Å². The highest BCUT2D eigenvalue weighted by molar-refractivity contribution is 5.97. The van der Waals surface area contributed by atoms with E-state index in [0.717, 1.165) is 38.5 Å². The Bertz CT molecular complexity index is 1080. The number of carbonyl (C=O) groups is 2. The van der Waals surface area contributed by atoms with Gasteiger partial charge in [-0.2, -0.15) is 5.26 Å². The summed E-state index contributed by atoms with van der Waals surface area (Å²) >= 11 is 0. The number of anilines is 1. The van der Waals surface area contributed by atoms with E-state index in [1.807, 2.05) is 17.0 Å². The lowest BCUT2D eigenvalue weighted by Crippen LogP contribution is -2.56. The zero-order chi connectivity index (χ0) is 25.1. The molecule has 8 heteroatoms. The van der Waals surface area contributed by atoms with Crippen molar-refractivity contribution in [3.63, 3.8) is 0 Å². The van der Waals surface area contributed by atoms with Crippen LogP contribution in [0.2, 0.25) is 0 Å². The molecule has 1 saturated carbocycles. The van der Waals surface area contributed by atoms with Crippen LogP contribution in [0.5, 0.6) is 0 Å². The predicted molar refractivity (Wildman–Crippen MR) is 134 cm³/mol. The van der Waals surface area contributed by atoms with Gasteiger partial charge in [0.15, 0.2) is 5.78 Å². The summed E-state index contributed by atoms with van der Waals surface area (Å²) in [6.07, 6.45) is 8.67. The molecule has 0 bridgehead atoms. The first-order valence-corrected chi connectivity index (χ1v) is 12.4. The molecular weight excluding hydrogens is 440 g/mol. The normalized spacial score (nSPS) is 24.3. The molecule has 8 nitrogen and oxygen atoms in total. The Morgan fingerprint density at radius 3 is 2.34 bits per heavy atom. The highest BCUT2D eigenvalue weighted by Gasteiger charge is 2.55. The van der Waals surface area contributed by atoms with Crippen LogP contribution < -0.4 is 4.90 Å². The molecule has 184 valence electrons. The number of nitrogens with zero attached hydrogens (tertiary/aromatic N) is 6. The van der Waals surface area contributed by atoms with E-state index in [4.69, 9.17) is 5.26 Å². The summed E-state index contributed by atoms with van der Waals surface area (Å²) < 4.78 is 0. The van der Waals surface area contributed by atoms with Gasteiger partial charge in [-0.05, 0) is 51.8 Å². The van der Waals surface area contributed by atoms with Crippen LogP contribution in [0.25, 0.3) is 0 Å². The lowest BCUT2D eigenvalue weighted by Gasteiger charge is -2.50. The fourth-order valence-electron chi connectivity index (χ4n) is 5.68. The second kappa shape index (κ2) is 10.1. The second-order valence-corrected chi connectivity index (χ2v) is 9.99. The quantitative estimate of drug-likeness (QED) is 0.571. The first kappa shape index (κ1) is 24.8. The zero-order valence-corrected chi connectivity index (χ0v) is 20.9. The summed E-state index contributed by atoms with van der Waals surface area (Å²) in [4.78, 5) is 40.4. The second-order valence-electron chi connectivity index (χ2n) is 9.99. The van der Waals surface area contributed by atoms with Crippen molar-refractivity contribution in [3.8, 4) is 6.07 Å². The number of ketones is 1. The number of carbonyl (C=O) groups excluding carboxylic acids is 2. The van der Waals surface area contributed by atoms with Crippen LogP contribution in [-0.4, -0.2) is 64.3 Å². The highest BCUT2D eigenvalue weighted by Crippen LogP contribution is 2.49. The number of aromatic nitrogens is 2. The standard InChI is InChI=1S/C27H34N6O2/c1-4-5-11-23(34)19-33-25(35)32(22-17-29-24(16-28)30-18-22)20-26(33)12-14-27(15-13-26,31(2)3)21-9-7-6-8-10-21/h6-10,17-18H,4-5,11-15,19-20H2,1-3H3. The van der Waals surface area contributed by atoms with Crippen LogP contribution in [0, 0.1) is 11.3 Å². The van der Waals surface area contributed by atoms with Crippen LogP contribution in [-0.2, 0) is 10.3 Å². The van der Waals surface area contributed by atoms with E-state index in [2.05, 4.69) is 60.2 Å². The van der Waals surface area contributed by atoms with Crippen molar-refractivity contribution in [3.05, 3.63) is 54.1 Å². The third kappa shape index (κ3) is 4.65. The number of benzene rings is 1. The molecule has 2 amide bonds. The summed E-state index contributed by atoms with van der Waals surface area (Å²) in [5.74, 6) is 0.169. The number of unbranched alkanes of at least 4 members (excludes halogenated alkanes) is 1. The van der Waals surface area contributed by atoms with Gasteiger partial charge in [-0.1, -0.05) is 43.7 Å². The average Bonchev–Trinajstić information content (AvgIpc) is 3.14. The molecule has 1 spiro atoms. The summed E-state index contributed by atoms with van der Waals surface area (Å²) in [5, 5.41) is 9.04. The highest BCUT2D eigenvalue weighted by atomic mass is 16.2. The molecule has 35 heavy (non-hydrogen) atoms. The van der Waals surface area contributed by atoms with Gasteiger partial charge in [0.1, 0.15) is 6.07 Å². The van der Waals surface area contributed by atoms with Crippen LogP contribution in [0.4, 0.5) is 10.5 Å². The van der Waals surface area contributed by atoms with Gasteiger partial charge >= 0.3 is 6.03 Å². The molecule has 2 heterocycles. The fraction of sp³-hybridized carbons (Fsp3) is 0.519. The molecule has 0 unspecified atom stereocenters. The van der Waals surface area contributed by atoms with Gasteiger partial charge in [-0.25, -0.2) is 14.8 Å². The maximum atomic E-state index is 13.7. The summed E-state index contributed by atoms with van der Waals surface area (Å²) in [6, 6.07) is 12.3. The Balaban J connectivity index is 1.64. The van der Waals surface area contributed by atoms with E-state index in [1.54, 1.807) is 4.90 Å². The molecule has 1 aromatic heterocycles. The minimum atomic E-state index is -0.429. The van der Waals surface area contributed by atoms with E-state index < -0.39 is 5.54 Å². The molecule has 2 aromatic rings. The molecular formula is C27H34N6O2. The third-order valence-electron chi connectivity index (χ3n) is 7.86. The Kier molecular flexibility index (Phi) is 7.18. The monoisotopic (exact) mass is 474 g/mol. The molecule has 1 aromatic carbocycles. The third-order valence-corrected chi connectivity index (χ3v) is 7.86. The zero-order valence-electron chi connectivity index (χ0n) is 20.9. The lowest BCUT2D eigenvalue weighted by molar-refractivity contribution is -0.121.